The first-order valence-corrected chi connectivity index (χ1v) is 9.76. The zero-order chi connectivity index (χ0) is 19.5. The summed E-state index contributed by atoms with van der Waals surface area (Å²) < 4.78 is 6.84. The van der Waals surface area contributed by atoms with Crippen molar-refractivity contribution in [1.82, 2.24) is 24.4 Å². The van der Waals surface area contributed by atoms with Crippen LogP contribution < -0.4 is 4.90 Å². The van der Waals surface area contributed by atoms with Gasteiger partial charge in [-0.1, -0.05) is 0 Å². The molecule has 0 N–H and O–H groups in total. The molecule has 2 aliphatic heterocycles. The molecule has 0 saturated carbocycles. The van der Waals surface area contributed by atoms with E-state index < -0.39 is 0 Å². The number of amides is 2. The molecule has 0 unspecified atom stereocenters. The van der Waals surface area contributed by atoms with Crippen LogP contribution in [0.15, 0.2) is 24.5 Å². The predicted octanol–water partition coefficient (Wildman–Crippen LogP) is 0.263. The lowest BCUT2D eigenvalue weighted by Crippen LogP contribution is -2.53. The molecule has 4 heterocycles. The van der Waals surface area contributed by atoms with Crippen LogP contribution in [0.4, 0.5) is 5.82 Å². The highest BCUT2D eigenvalue weighted by molar-refractivity contribution is 5.84. The van der Waals surface area contributed by atoms with E-state index in [0.29, 0.717) is 45.6 Å². The molecule has 0 spiro atoms. The molecule has 0 aromatic carbocycles. The van der Waals surface area contributed by atoms with E-state index in [1.807, 2.05) is 23.2 Å². The van der Waals surface area contributed by atoms with Gasteiger partial charge in [0.25, 0.3) is 0 Å². The van der Waals surface area contributed by atoms with Gasteiger partial charge in [-0.2, -0.15) is 0 Å². The number of piperazine rings is 1. The maximum Gasteiger partial charge on any atom is 0.227 e. The van der Waals surface area contributed by atoms with Crippen molar-refractivity contribution in [3.63, 3.8) is 0 Å². The number of likely N-dealkylation sites (tertiary alicyclic amines) is 1. The van der Waals surface area contributed by atoms with Crippen molar-refractivity contribution in [1.29, 1.82) is 0 Å². The second kappa shape index (κ2) is 8.14. The van der Waals surface area contributed by atoms with Crippen LogP contribution >= 0.6 is 0 Å². The zero-order valence-electron chi connectivity index (χ0n) is 16.2. The molecule has 9 heteroatoms. The summed E-state index contributed by atoms with van der Waals surface area (Å²) in [4.78, 5) is 35.1. The van der Waals surface area contributed by atoms with E-state index in [4.69, 9.17) is 4.74 Å². The van der Waals surface area contributed by atoms with Crippen molar-refractivity contribution in [3.05, 3.63) is 24.5 Å². The van der Waals surface area contributed by atoms with Crippen LogP contribution in [0.2, 0.25) is 0 Å². The highest BCUT2D eigenvalue weighted by Crippen LogP contribution is 2.21. The maximum atomic E-state index is 13.0. The Bertz CT molecular complexity index is 845. The summed E-state index contributed by atoms with van der Waals surface area (Å²) >= 11 is 0. The van der Waals surface area contributed by atoms with Gasteiger partial charge in [0.15, 0.2) is 5.65 Å². The molecule has 2 saturated heterocycles. The number of piperidine rings is 1. The number of rotatable bonds is 5. The van der Waals surface area contributed by atoms with Crippen molar-refractivity contribution in [2.45, 2.75) is 12.8 Å². The number of imidazole rings is 1. The molecule has 0 aliphatic carbocycles. The Balaban J connectivity index is 1.34. The Labute approximate surface area is 163 Å². The first-order valence-electron chi connectivity index (χ1n) is 9.76. The fourth-order valence-corrected chi connectivity index (χ4v) is 3.92. The number of hydrogen-bond acceptors (Lipinski definition) is 6. The average Bonchev–Trinajstić information content (AvgIpc) is 3.20. The molecule has 1 atom stereocenters. The van der Waals surface area contributed by atoms with E-state index in [1.54, 1.807) is 22.7 Å². The van der Waals surface area contributed by atoms with Gasteiger partial charge >= 0.3 is 0 Å². The molecule has 4 rings (SSSR count). The Morgan fingerprint density at radius 3 is 2.86 bits per heavy atom. The SMILES string of the molecule is COCCN1C[C@H](C(=O)N2CCN(c3ccc4nccn4n3)CC2)CCC1=O. The van der Waals surface area contributed by atoms with E-state index in [9.17, 15) is 9.59 Å². The number of hydrogen-bond donors (Lipinski definition) is 0. The number of carbonyl (C=O) groups excluding carboxylic acids is 2. The summed E-state index contributed by atoms with van der Waals surface area (Å²) in [7, 11) is 1.62. The van der Waals surface area contributed by atoms with E-state index in [1.165, 1.54) is 0 Å². The van der Waals surface area contributed by atoms with Gasteiger partial charge < -0.3 is 19.4 Å². The molecule has 2 aromatic rings. The summed E-state index contributed by atoms with van der Waals surface area (Å²) in [6.45, 7) is 4.39. The van der Waals surface area contributed by atoms with Gasteiger partial charge in [0, 0.05) is 65.2 Å². The number of fused-ring (bicyclic) bond motifs is 1. The Hall–Kier alpha value is -2.68. The summed E-state index contributed by atoms with van der Waals surface area (Å²) in [5.74, 6) is 1.06. The minimum Gasteiger partial charge on any atom is -0.383 e. The Kier molecular flexibility index (Phi) is 5.43. The number of carbonyl (C=O) groups is 2. The molecule has 2 aromatic heterocycles. The van der Waals surface area contributed by atoms with Crippen LogP contribution in [0, 0.1) is 5.92 Å². The number of nitrogens with zero attached hydrogens (tertiary/aromatic N) is 6. The lowest BCUT2D eigenvalue weighted by atomic mass is 9.95. The highest BCUT2D eigenvalue weighted by Gasteiger charge is 2.33. The zero-order valence-corrected chi connectivity index (χ0v) is 16.2. The van der Waals surface area contributed by atoms with Gasteiger partial charge in [-0.15, -0.1) is 5.10 Å². The second-order valence-corrected chi connectivity index (χ2v) is 7.30. The molecule has 28 heavy (non-hydrogen) atoms. The van der Waals surface area contributed by atoms with Gasteiger partial charge in [-0.3, -0.25) is 9.59 Å². The maximum absolute atomic E-state index is 13.0. The summed E-state index contributed by atoms with van der Waals surface area (Å²) in [6, 6.07) is 3.92. The second-order valence-electron chi connectivity index (χ2n) is 7.30. The monoisotopic (exact) mass is 386 g/mol. The third kappa shape index (κ3) is 3.80. The average molecular weight is 386 g/mol. The summed E-state index contributed by atoms with van der Waals surface area (Å²) in [6.07, 6.45) is 4.64. The summed E-state index contributed by atoms with van der Waals surface area (Å²) in [5, 5.41) is 4.59. The molecule has 9 nitrogen and oxygen atoms in total. The van der Waals surface area contributed by atoms with Crippen molar-refractivity contribution in [2.24, 2.45) is 5.92 Å². The van der Waals surface area contributed by atoms with Crippen LogP contribution in [0.1, 0.15) is 12.8 Å². The van der Waals surface area contributed by atoms with E-state index >= 15 is 0 Å². The molecule has 150 valence electrons. The molecular weight excluding hydrogens is 360 g/mol. The Morgan fingerprint density at radius 2 is 2.07 bits per heavy atom. The third-order valence-corrected chi connectivity index (χ3v) is 5.57. The number of ether oxygens (including phenoxy) is 1. The quantitative estimate of drug-likeness (QED) is 0.733. The van der Waals surface area contributed by atoms with Crippen LogP contribution in [0.5, 0.6) is 0 Å². The fraction of sp³-hybridized carbons (Fsp3) is 0.579. The topological polar surface area (TPSA) is 83.3 Å². The van der Waals surface area contributed by atoms with Gasteiger partial charge in [0.2, 0.25) is 11.8 Å². The molecule has 2 aliphatic rings. The lowest BCUT2D eigenvalue weighted by molar-refractivity contribution is -0.143. The fourth-order valence-electron chi connectivity index (χ4n) is 3.92. The van der Waals surface area contributed by atoms with Crippen molar-refractivity contribution in [3.8, 4) is 0 Å². The van der Waals surface area contributed by atoms with Gasteiger partial charge in [0.1, 0.15) is 5.82 Å². The van der Waals surface area contributed by atoms with E-state index in [2.05, 4.69) is 15.0 Å². The Morgan fingerprint density at radius 1 is 1.25 bits per heavy atom. The molecule has 2 fully saturated rings. The molecule has 2 amide bonds. The van der Waals surface area contributed by atoms with Crippen molar-refractivity contribution in [2.75, 3.05) is 57.9 Å². The predicted molar refractivity (Wildman–Crippen MR) is 103 cm³/mol. The highest BCUT2D eigenvalue weighted by atomic mass is 16.5. The first-order chi connectivity index (χ1) is 13.7. The molecule has 0 bridgehead atoms. The number of methoxy groups -OCH3 is 1. The standard InChI is InChI=1S/C19H26N6O3/c1-28-13-12-24-14-15(2-5-18(24)26)19(27)23-10-8-22(9-11-23)17-4-3-16-20-6-7-25(16)21-17/h3-4,6-7,15H,2,5,8-14H2,1H3/t15-/m1/s1. The largest absolute Gasteiger partial charge is 0.383 e. The number of aromatic nitrogens is 3. The van der Waals surface area contributed by atoms with Gasteiger partial charge in [-0.25, -0.2) is 9.50 Å². The third-order valence-electron chi connectivity index (χ3n) is 5.57. The van der Waals surface area contributed by atoms with Crippen LogP contribution in [-0.2, 0) is 14.3 Å². The van der Waals surface area contributed by atoms with Gasteiger partial charge in [-0.05, 0) is 18.6 Å². The summed E-state index contributed by atoms with van der Waals surface area (Å²) in [5.41, 5.74) is 0.822. The first kappa shape index (κ1) is 18.7. The van der Waals surface area contributed by atoms with Crippen LogP contribution in [0.3, 0.4) is 0 Å². The molecular formula is C19H26N6O3. The van der Waals surface area contributed by atoms with E-state index in [-0.39, 0.29) is 17.7 Å². The van der Waals surface area contributed by atoms with Crippen LogP contribution in [-0.4, -0.2) is 89.2 Å². The van der Waals surface area contributed by atoms with Crippen molar-refractivity contribution >= 4 is 23.3 Å². The normalized spacial score (nSPS) is 20.8. The minimum absolute atomic E-state index is 0.110. The smallest absolute Gasteiger partial charge is 0.227 e. The lowest BCUT2D eigenvalue weighted by Gasteiger charge is -2.39. The minimum atomic E-state index is -0.110. The van der Waals surface area contributed by atoms with E-state index in [0.717, 1.165) is 24.6 Å². The number of anilines is 1. The van der Waals surface area contributed by atoms with Crippen LogP contribution in [0.25, 0.3) is 5.65 Å². The molecule has 0 radical (unpaired) electrons. The van der Waals surface area contributed by atoms with Crippen molar-refractivity contribution < 1.29 is 14.3 Å². The van der Waals surface area contributed by atoms with Gasteiger partial charge in [0.05, 0.1) is 12.5 Å².